The highest BCUT2D eigenvalue weighted by atomic mass is 19.3. The van der Waals surface area contributed by atoms with E-state index >= 15 is 0 Å². The molecule has 5 heteroatoms. The Balaban J connectivity index is 3.83. The van der Waals surface area contributed by atoms with Gasteiger partial charge < -0.3 is 5.11 Å². The zero-order valence-electron chi connectivity index (χ0n) is 4.35. The van der Waals surface area contributed by atoms with Gasteiger partial charge in [-0.2, -0.15) is 0 Å². The van der Waals surface area contributed by atoms with Crippen molar-refractivity contribution >= 4 is 5.97 Å². The van der Waals surface area contributed by atoms with Gasteiger partial charge in [-0.15, -0.1) is 0 Å². The maximum atomic E-state index is 11.3. The van der Waals surface area contributed by atoms with Crippen LogP contribution in [0.3, 0.4) is 0 Å². The molecule has 1 atom stereocenters. The summed E-state index contributed by atoms with van der Waals surface area (Å²) >= 11 is 0. The van der Waals surface area contributed by atoms with Crippen LogP contribution >= 0.6 is 0 Å². The van der Waals surface area contributed by atoms with Crippen molar-refractivity contribution in [2.24, 2.45) is 5.92 Å². The van der Waals surface area contributed by atoms with Crippen molar-refractivity contribution in [3.05, 3.63) is 0 Å². The lowest BCUT2D eigenvalue weighted by atomic mass is 10.2. The maximum Gasteiger partial charge on any atom is 0.315 e. The van der Waals surface area contributed by atoms with E-state index in [0.717, 1.165) is 0 Å². The Morgan fingerprint density at radius 1 is 1.56 bits per heavy atom. The van der Waals surface area contributed by atoms with Gasteiger partial charge >= 0.3 is 5.97 Å². The number of alkyl halides is 3. The quantitative estimate of drug-likeness (QED) is 0.636. The Kier molecular flexibility index (Phi) is 3.05. The average Bonchev–Trinajstić information content (AvgIpc) is 1.64. The molecule has 54 valence electrons. The number of halogens is 3. The summed E-state index contributed by atoms with van der Waals surface area (Å²) in [6.07, 6.45) is -3.12. The number of hydrogen-bond donors (Lipinski definition) is 1. The molecule has 0 aliphatic heterocycles. The van der Waals surface area contributed by atoms with E-state index in [1.54, 1.807) is 0 Å². The standard InChI is InChI=1S/C4H5F3O2/c5-1-2(3(6)7)4(8)9/h2-3H,1H2,(H,8,9). The van der Waals surface area contributed by atoms with E-state index in [0.29, 0.717) is 0 Å². The summed E-state index contributed by atoms with van der Waals surface area (Å²) in [6, 6.07) is 0. The Hall–Kier alpha value is -0.740. The molecule has 0 heterocycles. The van der Waals surface area contributed by atoms with Gasteiger partial charge in [0.05, 0.1) is 0 Å². The fourth-order valence-corrected chi connectivity index (χ4v) is 0.241. The SMILES string of the molecule is O=C(O)C(CF)C(F)F. The van der Waals surface area contributed by atoms with E-state index in [2.05, 4.69) is 0 Å². The Morgan fingerprint density at radius 3 is 2.00 bits per heavy atom. The van der Waals surface area contributed by atoms with Gasteiger partial charge in [0.2, 0.25) is 0 Å². The second-order valence-electron chi connectivity index (χ2n) is 1.43. The number of carbonyl (C=O) groups is 1. The Morgan fingerprint density at radius 2 is 2.00 bits per heavy atom. The maximum absolute atomic E-state index is 11.3. The lowest BCUT2D eigenvalue weighted by Gasteiger charge is -2.03. The lowest BCUT2D eigenvalue weighted by molar-refractivity contribution is -0.147. The van der Waals surface area contributed by atoms with Crippen LogP contribution in [0.2, 0.25) is 0 Å². The second kappa shape index (κ2) is 3.32. The Bertz CT molecular complexity index is 104. The summed E-state index contributed by atoms with van der Waals surface area (Å²) in [6.45, 7) is -1.52. The molecule has 0 aromatic rings. The van der Waals surface area contributed by atoms with Crippen LogP contribution in [0.1, 0.15) is 0 Å². The normalized spacial score (nSPS) is 13.8. The molecule has 0 aliphatic carbocycles. The van der Waals surface area contributed by atoms with E-state index in [1.165, 1.54) is 0 Å². The first-order valence-electron chi connectivity index (χ1n) is 2.16. The highest BCUT2D eigenvalue weighted by Gasteiger charge is 2.27. The minimum atomic E-state index is -3.12. The van der Waals surface area contributed by atoms with Crippen LogP contribution < -0.4 is 0 Å². The van der Waals surface area contributed by atoms with E-state index in [-0.39, 0.29) is 0 Å². The van der Waals surface area contributed by atoms with Gasteiger partial charge in [-0.25, -0.2) is 13.2 Å². The molecule has 0 amide bonds. The molecule has 2 nitrogen and oxygen atoms in total. The molecule has 0 spiro atoms. The van der Waals surface area contributed by atoms with Gasteiger partial charge in [-0.1, -0.05) is 0 Å². The number of carboxylic acids is 1. The zero-order chi connectivity index (χ0) is 7.44. The van der Waals surface area contributed by atoms with Crippen molar-refractivity contribution in [1.82, 2.24) is 0 Å². The number of rotatable bonds is 3. The van der Waals surface area contributed by atoms with Gasteiger partial charge in [0, 0.05) is 0 Å². The van der Waals surface area contributed by atoms with Crippen molar-refractivity contribution < 1.29 is 23.1 Å². The van der Waals surface area contributed by atoms with Crippen LogP contribution in [-0.4, -0.2) is 24.2 Å². The fourth-order valence-electron chi connectivity index (χ4n) is 0.241. The Labute approximate surface area is 49.3 Å². The topological polar surface area (TPSA) is 37.3 Å². The van der Waals surface area contributed by atoms with Crippen molar-refractivity contribution in [3.8, 4) is 0 Å². The van der Waals surface area contributed by atoms with E-state index in [9.17, 15) is 18.0 Å². The number of carboxylic acid groups (broad SMARTS) is 1. The van der Waals surface area contributed by atoms with E-state index < -0.39 is 25.0 Å². The number of aliphatic carboxylic acids is 1. The van der Waals surface area contributed by atoms with Crippen molar-refractivity contribution in [1.29, 1.82) is 0 Å². The predicted octanol–water partition coefficient (Wildman–Crippen LogP) is 0.922. The highest BCUT2D eigenvalue weighted by Crippen LogP contribution is 2.09. The first-order chi connectivity index (χ1) is 4.09. The molecular formula is C4H5F3O2. The van der Waals surface area contributed by atoms with Crippen LogP contribution in [-0.2, 0) is 4.79 Å². The molecule has 0 aromatic carbocycles. The summed E-state index contributed by atoms with van der Waals surface area (Å²) in [5, 5.41) is 7.82. The zero-order valence-corrected chi connectivity index (χ0v) is 4.35. The predicted molar refractivity (Wildman–Crippen MR) is 23.1 cm³/mol. The van der Waals surface area contributed by atoms with Gasteiger partial charge in [0.1, 0.15) is 12.6 Å². The second-order valence-corrected chi connectivity index (χ2v) is 1.43. The third-order valence-corrected chi connectivity index (χ3v) is 0.788. The average molecular weight is 142 g/mol. The van der Waals surface area contributed by atoms with Gasteiger partial charge in [0.25, 0.3) is 6.43 Å². The molecule has 0 fully saturated rings. The van der Waals surface area contributed by atoms with Crippen LogP contribution in [0, 0.1) is 5.92 Å². The van der Waals surface area contributed by atoms with Crippen LogP contribution in [0.15, 0.2) is 0 Å². The van der Waals surface area contributed by atoms with Gasteiger partial charge in [-0.05, 0) is 0 Å². The van der Waals surface area contributed by atoms with Gasteiger partial charge in [0.15, 0.2) is 0 Å². The van der Waals surface area contributed by atoms with Crippen LogP contribution in [0.4, 0.5) is 13.2 Å². The minimum absolute atomic E-state index is 1.52. The number of hydrogen-bond acceptors (Lipinski definition) is 1. The van der Waals surface area contributed by atoms with E-state index in [1.807, 2.05) is 0 Å². The molecule has 1 unspecified atom stereocenters. The summed E-state index contributed by atoms with van der Waals surface area (Å²) in [5.41, 5.74) is 0. The summed E-state index contributed by atoms with van der Waals surface area (Å²) < 4.78 is 34.0. The third kappa shape index (κ3) is 2.34. The molecule has 9 heavy (non-hydrogen) atoms. The fraction of sp³-hybridized carbons (Fsp3) is 0.750. The van der Waals surface area contributed by atoms with Crippen molar-refractivity contribution in [2.75, 3.05) is 6.67 Å². The highest BCUT2D eigenvalue weighted by molar-refractivity contribution is 5.70. The first-order valence-corrected chi connectivity index (χ1v) is 2.16. The molecule has 0 rings (SSSR count). The molecule has 0 saturated heterocycles. The molecule has 0 bridgehead atoms. The molecule has 0 radical (unpaired) electrons. The van der Waals surface area contributed by atoms with Crippen LogP contribution in [0.25, 0.3) is 0 Å². The van der Waals surface area contributed by atoms with Gasteiger partial charge in [-0.3, -0.25) is 4.79 Å². The molecule has 0 aromatic heterocycles. The summed E-state index contributed by atoms with van der Waals surface area (Å²) in [7, 11) is 0. The largest absolute Gasteiger partial charge is 0.481 e. The molecule has 0 saturated carbocycles. The lowest BCUT2D eigenvalue weighted by Crippen LogP contribution is -2.23. The third-order valence-electron chi connectivity index (χ3n) is 0.788. The molecule has 1 N–H and O–H groups in total. The van der Waals surface area contributed by atoms with Crippen LogP contribution in [0.5, 0.6) is 0 Å². The first kappa shape index (κ1) is 8.26. The van der Waals surface area contributed by atoms with Crippen molar-refractivity contribution in [3.63, 3.8) is 0 Å². The summed E-state index contributed by atoms with van der Waals surface area (Å²) in [4.78, 5) is 9.65. The smallest absolute Gasteiger partial charge is 0.315 e. The minimum Gasteiger partial charge on any atom is -0.481 e. The van der Waals surface area contributed by atoms with E-state index in [4.69, 9.17) is 5.11 Å². The summed E-state index contributed by atoms with van der Waals surface area (Å²) in [5.74, 6) is -3.96. The van der Waals surface area contributed by atoms with Crippen molar-refractivity contribution in [2.45, 2.75) is 6.43 Å². The molecule has 0 aliphatic rings. The monoisotopic (exact) mass is 142 g/mol. The molecular weight excluding hydrogens is 137 g/mol.